The van der Waals surface area contributed by atoms with E-state index in [1.165, 1.54) is 0 Å². The van der Waals surface area contributed by atoms with Crippen molar-refractivity contribution in [2.45, 2.75) is 6.54 Å². The monoisotopic (exact) mass is 381 g/mol. The van der Waals surface area contributed by atoms with Gasteiger partial charge >= 0.3 is 0 Å². The highest BCUT2D eigenvalue weighted by Gasteiger charge is 2.08. The molecule has 1 aromatic heterocycles. The van der Waals surface area contributed by atoms with Crippen molar-refractivity contribution in [3.8, 4) is 0 Å². The third-order valence-electron chi connectivity index (χ3n) is 2.11. The molecule has 0 saturated heterocycles. The lowest BCUT2D eigenvalue weighted by molar-refractivity contribution is 0.596. The summed E-state index contributed by atoms with van der Waals surface area (Å²) in [4.78, 5) is 0. The Kier molecular flexibility index (Phi) is 4.17. The number of nitrogens with one attached hydrogen (secondary N) is 1. The maximum atomic E-state index is 13.5. The molecule has 0 fully saturated rings. The lowest BCUT2D eigenvalue weighted by Crippen LogP contribution is -2.01. The van der Waals surface area contributed by atoms with E-state index in [9.17, 15) is 8.78 Å². The molecule has 0 atom stereocenters. The van der Waals surface area contributed by atoms with Gasteiger partial charge in [0, 0.05) is 12.6 Å². The van der Waals surface area contributed by atoms with Gasteiger partial charge in [0.05, 0.1) is 13.9 Å². The number of benzene rings is 1. The molecule has 2 aromatic rings. The quantitative estimate of drug-likeness (QED) is 0.722. The highest BCUT2D eigenvalue weighted by Crippen LogP contribution is 2.25. The first-order valence-electron chi connectivity index (χ1n) is 4.67. The number of hydrogen-bond acceptors (Lipinski definition) is 2. The second-order valence-electron chi connectivity index (χ2n) is 3.36. The van der Waals surface area contributed by atoms with Crippen molar-refractivity contribution in [1.82, 2.24) is 0 Å². The van der Waals surface area contributed by atoms with Crippen LogP contribution in [0.2, 0.25) is 0 Å². The first-order valence-corrected chi connectivity index (χ1v) is 7.14. The standard InChI is InChI=1S/C11H7Br2F2NS/c12-7-2-9(15)10(3-8(7)14)16-4-6-1-11(13)17-5-6/h1-3,5,16H,4H2. The first-order chi connectivity index (χ1) is 8.06. The number of thiophene rings is 1. The van der Waals surface area contributed by atoms with Gasteiger partial charge in [-0.3, -0.25) is 0 Å². The van der Waals surface area contributed by atoms with Gasteiger partial charge in [0.25, 0.3) is 0 Å². The third kappa shape index (κ3) is 3.26. The van der Waals surface area contributed by atoms with Crippen LogP contribution in [0.1, 0.15) is 5.56 Å². The third-order valence-corrected chi connectivity index (χ3v) is 4.28. The molecular formula is C11H7Br2F2NS. The van der Waals surface area contributed by atoms with E-state index in [0.717, 1.165) is 21.5 Å². The smallest absolute Gasteiger partial charge is 0.147 e. The minimum absolute atomic E-state index is 0.124. The maximum Gasteiger partial charge on any atom is 0.147 e. The number of rotatable bonds is 3. The molecule has 1 nitrogen and oxygen atoms in total. The molecule has 90 valence electrons. The molecule has 0 spiro atoms. The zero-order chi connectivity index (χ0) is 12.4. The highest BCUT2D eigenvalue weighted by molar-refractivity contribution is 9.11. The normalized spacial score (nSPS) is 10.6. The minimum atomic E-state index is -0.486. The van der Waals surface area contributed by atoms with Gasteiger partial charge in [-0.15, -0.1) is 11.3 Å². The second kappa shape index (κ2) is 5.46. The lowest BCUT2D eigenvalue weighted by atomic mass is 10.2. The average Bonchev–Trinajstić information content (AvgIpc) is 2.68. The van der Waals surface area contributed by atoms with Crippen LogP contribution < -0.4 is 5.32 Å². The Labute approximate surface area is 118 Å². The second-order valence-corrected chi connectivity index (χ2v) is 6.50. The molecule has 6 heteroatoms. The number of halogens is 4. The molecule has 1 heterocycles. The van der Waals surface area contributed by atoms with Gasteiger partial charge in [-0.25, -0.2) is 8.78 Å². The van der Waals surface area contributed by atoms with Crippen LogP contribution in [0, 0.1) is 11.6 Å². The zero-order valence-corrected chi connectivity index (χ0v) is 12.4. The van der Waals surface area contributed by atoms with E-state index in [1.54, 1.807) is 11.3 Å². The molecule has 0 unspecified atom stereocenters. The van der Waals surface area contributed by atoms with Crippen LogP contribution in [0.4, 0.5) is 14.5 Å². The Morgan fingerprint density at radius 2 is 1.88 bits per heavy atom. The van der Waals surface area contributed by atoms with Crippen LogP contribution in [0.5, 0.6) is 0 Å². The first kappa shape index (κ1) is 13.0. The molecule has 0 bridgehead atoms. The van der Waals surface area contributed by atoms with E-state index in [4.69, 9.17) is 0 Å². The van der Waals surface area contributed by atoms with Crippen molar-refractivity contribution in [3.05, 3.63) is 49.0 Å². The highest BCUT2D eigenvalue weighted by atomic mass is 79.9. The Morgan fingerprint density at radius 3 is 2.53 bits per heavy atom. The molecule has 2 rings (SSSR count). The van der Waals surface area contributed by atoms with E-state index in [2.05, 4.69) is 37.2 Å². The van der Waals surface area contributed by atoms with Crippen molar-refractivity contribution in [2.24, 2.45) is 0 Å². The van der Waals surface area contributed by atoms with Crippen LogP contribution in [-0.4, -0.2) is 0 Å². The van der Waals surface area contributed by atoms with Gasteiger partial charge in [0.1, 0.15) is 11.6 Å². The van der Waals surface area contributed by atoms with Crippen LogP contribution in [-0.2, 0) is 6.54 Å². The summed E-state index contributed by atoms with van der Waals surface area (Å²) in [5.41, 5.74) is 1.18. The summed E-state index contributed by atoms with van der Waals surface area (Å²) in [5, 5.41) is 4.81. The van der Waals surface area contributed by atoms with Crippen molar-refractivity contribution in [2.75, 3.05) is 5.32 Å². The Balaban J connectivity index is 2.11. The van der Waals surface area contributed by atoms with Gasteiger partial charge < -0.3 is 5.32 Å². The van der Waals surface area contributed by atoms with Crippen molar-refractivity contribution in [3.63, 3.8) is 0 Å². The Bertz CT molecular complexity index is 542. The summed E-state index contributed by atoms with van der Waals surface area (Å²) in [6.07, 6.45) is 0. The van der Waals surface area contributed by atoms with Crippen LogP contribution in [0.15, 0.2) is 31.8 Å². The van der Waals surface area contributed by atoms with Gasteiger partial charge in [0.15, 0.2) is 0 Å². The van der Waals surface area contributed by atoms with E-state index in [0.29, 0.717) is 6.54 Å². The summed E-state index contributed by atoms with van der Waals surface area (Å²) in [6, 6.07) is 4.19. The number of hydrogen-bond donors (Lipinski definition) is 1. The van der Waals surface area contributed by atoms with E-state index in [1.807, 2.05) is 11.4 Å². The zero-order valence-electron chi connectivity index (χ0n) is 8.44. The fourth-order valence-corrected chi connectivity index (χ4v) is 2.82. The number of anilines is 1. The van der Waals surface area contributed by atoms with Gasteiger partial charge in [-0.1, -0.05) is 0 Å². The SMILES string of the molecule is Fc1cc(NCc2csc(Br)c2)c(F)cc1Br. The molecule has 0 saturated carbocycles. The largest absolute Gasteiger partial charge is 0.378 e. The predicted molar refractivity (Wildman–Crippen MR) is 73.4 cm³/mol. The van der Waals surface area contributed by atoms with E-state index in [-0.39, 0.29) is 10.2 Å². The topological polar surface area (TPSA) is 12.0 Å². The minimum Gasteiger partial charge on any atom is -0.378 e. The Hall–Kier alpha value is -0.460. The molecular weight excluding hydrogens is 376 g/mol. The van der Waals surface area contributed by atoms with Crippen LogP contribution in [0.25, 0.3) is 0 Å². The predicted octanol–water partition coefficient (Wildman–Crippen LogP) is 5.16. The van der Waals surface area contributed by atoms with Crippen LogP contribution in [0.3, 0.4) is 0 Å². The van der Waals surface area contributed by atoms with Gasteiger partial charge in [-0.05, 0) is 54.9 Å². The van der Waals surface area contributed by atoms with Crippen molar-refractivity contribution < 1.29 is 8.78 Å². The fraction of sp³-hybridized carbons (Fsp3) is 0.0909. The van der Waals surface area contributed by atoms with Gasteiger partial charge in [0.2, 0.25) is 0 Å². The molecule has 0 amide bonds. The molecule has 0 aliphatic rings. The fourth-order valence-electron chi connectivity index (χ4n) is 1.29. The summed E-state index contributed by atoms with van der Waals surface area (Å²) in [6.45, 7) is 0.458. The molecule has 0 radical (unpaired) electrons. The summed E-state index contributed by atoms with van der Waals surface area (Å²) < 4.78 is 27.8. The lowest BCUT2D eigenvalue weighted by Gasteiger charge is -2.07. The molecule has 1 aromatic carbocycles. The molecule has 0 aliphatic heterocycles. The van der Waals surface area contributed by atoms with Crippen molar-refractivity contribution >= 4 is 48.9 Å². The average molecular weight is 383 g/mol. The molecule has 17 heavy (non-hydrogen) atoms. The summed E-state index contributed by atoms with van der Waals surface area (Å²) in [5.74, 6) is -0.965. The molecule has 1 N–H and O–H groups in total. The molecule has 0 aliphatic carbocycles. The van der Waals surface area contributed by atoms with E-state index >= 15 is 0 Å². The summed E-state index contributed by atoms with van der Waals surface area (Å²) in [7, 11) is 0. The summed E-state index contributed by atoms with van der Waals surface area (Å²) >= 11 is 7.83. The van der Waals surface area contributed by atoms with Crippen LogP contribution >= 0.6 is 43.2 Å². The maximum absolute atomic E-state index is 13.5. The van der Waals surface area contributed by atoms with Gasteiger partial charge in [-0.2, -0.15) is 0 Å². The van der Waals surface area contributed by atoms with E-state index < -0.39 is 11.6 Å². The van der Waals surface area contributed by atoms with Crippen molar-refractivity contribution in [1.29, 1.82) is 0 Å². The Morgan fingerprint density at radius 1 is 1.12 bits per heavy atom.